The lowest BCUT2D eigenvalue weighted by Gasteiger charge is -2.10. The number of fused-ring (bicyclic) bond motifs is 1. The predicted molar refractivity (Wildman–Crippen MR) is 113 cm³/mol. The third kappa shape index (κ3) is 6.81. The summed E-state index contributed by atoms with van der Waals surface area (Å²) in [5, 5.41) is 2.52. The summed E-state index contributed by atoms with van der Waals surface area (Å²) in [4.78, 5) is 59.3. The SMILES string of the molecule is CCCC(=O)Oc1cc2oc(=O)c(C(=O)NCC(=O)OC(=O)OC(C)CC)cc2cc1Cl. The van der Waals surface area contributed by atoms with Gasteiger partial charge in [-0.2, -0.15) is 0 Å². The molecule has 1 heterocycles. The Balaban J connectivity index is 2.10. The Morgan fingerprint density at radius 2 is 1.84 bits per heavy atom. The number of carbonyl (C=O) groups excluding carboxylic acids is 4. The van der Waals surface area contributed by atoms with Crippen LogP contribution in [0.15, 0.2) is 27.4 Å². The standard InChI is InChI=1S/C21H22ClNO9/c1-4-6-17(24)30-16-9-15-12(8-14(16)22)7-13(20(27)31-15)19(26)23-10-18(25)32-21(28)29-11(3)5-2/h7-9,11H,4-6,10H2,1-3H3,(H,23,26). The van der Waals surface area contributed by atoms with Crippen LogP contribution >= 0.6 is 11.6 Å². The quantitative estimate of drug-likeness (QED) is 0.268. The molecule has 1 N–H and O–H groups in total. The second kappa shape index (κ2) is 11.3. The third-order valence-corrected chi connectivity index (χ3v) is 4.47. The monoisotopic (exact) mass is 467 g/mol. The summed E-state index contributed by atoms with van der Waals surface area (Å²) in [6, 6.07) is 3.85. The summed E-state index contributed by atoms with van der Waals surface area (Å²) in [5.41, 5.74) is -1.35. The Morgan fingerprint density at radius 3 is 2.50 bits per heavy atom. The molecule has 2 rings (SSSR count). The minimum atomic E-state index is -1.19. The lowest BCUT2D eigenvalue weighted by molar-refractivity contribution is -0.139. The zero-order chi connectivity index (χ0) is 23.8. The van der Waals surface area contributed by atoms with Gasteiger partial charge in [0.25, 0.3) is 5.91 Å². The van der Waals surface area contributed by atoms with E-state index in [0.29, 0.717) is 12.8 Å². The van der Waals surface area contributed by atoms with E-state index in [4.69, 9.17) is 25.5 Å². The first kappa shape index (κ1) is 24.9. The van der Waals surface area contributed by atoms with Crippen LogP contribution in [0.1, 0.15) is 50.4 Å². The lowest BCUT2D eigenvalue weighted by Crippen LogP contribution is -2.34. The van der Waals surface area contributed by atoms with E-state index in [1.54, 1.807) is 13.8 Å². The zero-order valence-electron chi connectivity index (χ0n) is 17.7. The molecular weight excluding hydrogens is 446 g/mol. The van der Waals surface area contributed by atoms with E-state index in [1.807, 2.05) is 6.92 Å². The Bertz CT molecular complexity index is 1090. The van der Waals surface area contributed by atoms with Gasteiger partial charge >= 0.3 is 23.7 Å². The minimum Gasteiger partial charge on any atom is -0.431 e. The molecule has 0 bridgehead atoms. The van der Waals surface area contributed by atoms with Gasteiger partial charge < -0.3 is 23.9 Å². The Morgan fingerprint density at radius 1 is 1.12 bits per heavy atom. The van der Waals surface area contributed by atoms with Crippen LogP contribution < -0.4 is 15.7 Å². The largest absolute Gasteiger partial charge is 0.516 e. The average Bonchev–Trinajstić information content (AvgIpc) is 2.72. The Labute approximate surface area is 187 Å². The molecule has 0 fully saturated rings. The number of esters is 2. The van der Waals surface area contributed by atoms with Crippen molar-refractivity contribution in [3.8, 4) is 5.75 Å². The number of ether oxygens (including phenoxy) is 3. The molecule has 0 radical (unpaired) electrons. The number of rotatable bonds is 8. The van der Waals surface area contributed by atoms with Crippen molar-refractivity contribution in [3.63, 3.8) is 0 Å². The van der Waals surface area contributed by atoms with Gasteiger partial charge in [0.1, 0.15) is 23.8 Å². The molecule has 1 amide bonds. The van der Waals surface area contributed by atoms with Crippen molar-refractivity contribution in [1.29, 1.82) is 0 Å². The van der Waals surface area contributed by atoms with Gasteiger partial charge in [0.2, 0.25) is 0 Å². The Kier molecular flexibility index (Phi) is 8.77. The Hall–Kier alpha value is -3.40. The first-order chi connectivity index (χ1) is 15.1. The molecule has 1 aromatic heterocycles. The summed E-state index contributed by atoms with van der Waals surface area (Å²) in [7, 11) is 0. The number of halogens is 1. The number of nitrogens with one attached hydrogen (secondary N) is 1. The minimum absolute atomic E-state index is 0.0185. The summed E-state index contributed by atoms with van der Waals surface area (Å²) in [5.74, 6) is -2.47. The van der Waals surface area contributed by atoms with Gasteiger partial charge in [-0.3, -0.25) is 9.59 Å². The van der Waals surface area contributed by atoms with Crippen LogP contribution in [0.2, 0.25) is 5.02 Å². The van der Waals surface area contributed by atoms with E-state index in [1.165, 1.54) is 18.2 Å². The number of amides is 1. The zero-order valence-corrected chi connectivity index (χ0v) is 18.4. The van der Waals surface area contributed by atoms with Crippen LogP contribution in [-0.2, 0) is 19.1 Å². The van der Waals surface area contributed by atoms with E-state index in [-0.39, 0.29) is 28.2 Å². The maximum absolute atomic E-state index is 12.3. The van der Waals surface area contributed by atoms with Crippen LogP contribution in [0.3, 0.4) is 0 Å². The summed E-state index contributed by atoms with van der Waals surface area (Å²) < 4.78 is 19.5. The van der Waals surface area contributed by atoms with Gasteiger partial charge in [0.05, 0.1) is 5.02 Å². The summed E-state index contributed by atoms with van der Waals surface area (Å²) in [6.45, 7) is 4.53. The fraction of sp³-hybridized carbons (Fsp3) is 0.381. The van der Waals surface area contributed by atoms with Gasteiger partial charge in [-0.25, -0.2) is 14.4 Å². The lowest BCUT2D eigenvalue weighted by atomic mass is 10.1. The fourth-order valence-electron chi connectivity index (χ4n) is 2.38. The topological polar surface area (TPSA) is 138 Å². The molecule has 10 nitrogen and oxygen atoms in total. The van der Waals surface area contributed by atoms with Crippen molar-refractivity contribution in [3.05, 3.63) is 39.2 Å². The fourth-order valence-corrected chi connectivity index (χ4v) is 2.59. The second-order valence-electron chi connectivity index (χ2n) is 6.74. The number of hydrogen-bond acceptors (Lipinski definition) is 9. The molecule has 0 spiro atoms. The molecule has 1 atom stereocenters. The van der Waals surface area contributed by atoms with E-state index < -0.39 is 47.8 Å². The molecule has 2 aromatic rings. The maximum atomic E-state index is 12.3. The van der Waals surface area contributed by atoms with Crippen molar-refractivity contribution in [2.75, 3.05) is 6.54 Å². The number of carbonyl (C=O) groups is 4. The molecule has 1 unspecified atom stereocenters. The van der Waals surface area contributed by atoms with Gasteiger partial charge in [0, 0.05) is 17.9 Å². The molecule has 0 saturated carbocycles. The first-order valence-corrected chi connectivity index (χ1v) is 10.2. The second-order valence-corrected chi connectivity index (χ2v) is 7.14. The van der Waals surface area contributed by atoms with Gasteiger partial charge in [-0.15, -0.1) is 0 Å². The van der Waals surface area contributed by atoms with Gasteiger partial charge in [-0.1, -0.05) is 25.4 Å². The van der Waals surface area contributed by atoms with Crippen LogP contribution in [0, 0.1) is 0 Å². The maximum Gasteiger partial charge on any atom is 0.516 e. The normalized spacial score (nSPS) is 11.5. The molecule has 172 valence electrons. The molecule has 0 saturated heterocycles. The summed E-state index contributed by atoms with van der Waals surface area (Å²) >= 11 is 6.11. The molecule has 32 heavy (non-hydrogen) atoms. The van der Waals surface area contributed by atoms with E-state index in [0.717, 1.165) is 0 Å². The van der Waals surface area contributed by atoms with Gasteiger partial charge in [0.15, 0.2) is 5.75 Å². The highest BCUT2D eigenvalue weighted by Crippen LogP contribution is 2.30. The highest BCUT2D eigenvalue weighted by Gasteiger charge is 2.19. The van der Waals surface area contributed by atoms with E-state index in [9.17, 15) is 24.0 Å². The summed E-state index contributed by atoms with van der Waals surface area (Å²) in [6.07, 6.45) is -0.312. The molecular formula is C21H22ClNO9. The number of hydrogen-bond donors (Lipinski definition) is 1. The van der Waals surface area contributed by atoms with Gasteiger partial charge in [-0.05, 0) is 31.9 Å². The molecule has 0 aliphatic heterocycles. The smallest absolute Gasteiger partial charge is 0.431 e. The number of benzene rings is 1. The van der Waals surface area contributed by atoms with Crippen LogP contribution in [0.5, 0.6) is 5.75 Å². The highest BCUT2D eigenvalue weighted by molar-refractivity contribution is 6.33. The van der Waals surface area contributed by atoms with E-state index >= 15 is 0 Å². The van der Waals surface area contributed by atoms with Crippen molar-refractivity contribution in [2.45, 2.75) is 46.1 Å². The van der Waals surface area contributed by atoms with Crippen LogP contribution in [0.4, 0.5) is 4.79 Å². The van der Waals surface area contributed by atoms with Crippen LogP contribution in [-0.4, -0.2) is 36.6 Å². The van der Waals surface area contributed by atoms with Crippen molar-refractivity contribution >= 4 is 46.6 Å². The first-order valence-electron chi connectivity index (χ1n) is 9.82. The van der Waals surface area contributed by atoms with Crippen molar-refractivity contribution in [2.24, 2.45) is 0 Å². The molecule has 1 aromatic carbocycles. The van der Waals surface area contributed by atoms with Crippen LogP contribution in [0.25, 0.3) is 11.0 Å². The average molecular weight is 468 g/mol. The van der Waals surface area contributed by atoms with Crippen molar-refractivity contribution < 1.29 is 37.8 Å². The third-order valence-electron chi connectivity index (χ3n) is 4.17. The van der Waals surface area contributed by atoms with Crippen molar-refractivity contribution in [1.82, 2.24) is 5.32 Å². The van der Waals surface area contributed by atoms with E-state index in [2.05, 4.69) is 10.1 Å². The molecule has 0 aliphatic rings. The molecule has 0 aliphatic carbocycles. The predicted octanol–water partition coefficient (Wildman–Crippen LogP) is 3.36. The highest BCUT2D eigenvalue weighted by atomic mass is 35.5. The molecule has 11 heteroatoms.